The van der Waals surface area contributed by atoms with Crippen molar-refractivity contribution in [3.05, 3.63) is 0 Å². The molecular formula is C21H42O3. The first-order valence-corrected chi connectivity index (χ1v) is 10.5. The molecule has 0 aromatic carbocycles. The van der Waals surface area contributed by atoms with E-state index in [9.17, 15) is 0 Å². The largest absolute Gasteiger partial charge is 0.379 e. The van der Waals surface area contributed by atoms with Crippen LogP contribution in [0.4, 0.5) is 0 Å². The lowest BCUT2D eigenvalue weighted by Gasteiger charge is -2.25. The molecule has 1 saturated heterocycles. The van der Waals surface area contributed by atoms with Crippen molar-refractivity contribution in [1.29, 1.82) is 0 Å². The van der Waals surface area contributed by atoms with Crippen LogP contribution >= 0.6 is 0 Å². The molecule has 1 rings (SSSR count). The zero-order valence-electron chi connectivity index (χ0n) is 16.8. The van der Waals surface area contributed by atoms with Crippen LogP contribution in [0.1, 0.15) is 98.3 Å². The molecular weight excluding hydrogens is 300 g/mol. The van der Waals surface area contributed by atoms with Gasteiger partial charge in [0.25, 0.3) is 0 Å². The molecule has 1 aliphatic heterocycles. The summed E-state index contributed by atoms with van der Waals surface area (Å²) >= 11 is 0. The summed E-state index contributed by atoms with van der Waals surface area (Å²) in [4.78, 5) is 0. The highest BCUT2D eigenvalue weighted by atomic mass is 16.7. The van der Waals surface area contributed by atoms with Crippen molar-refractivity contribution in [3.8, 4) is 0 Å². The van der Waals surface area contributed by atoms with Gasteiger partial charge in [-0.3, -0.25) is 0 Å². The van der Waals surface area contributed by atoms with Crippen LogP contribution in [0.15, 0.2) is 0 Å². The normalized spacial score (nSPS) is 24.1. The van der Waals surface area contributed by atoms with Crippen LogP contribution in [-0.2, 0) is 14.2 Å². The molecule has 0 saturated carbocycles. The Balaban J connectivity index is 1.86. The number of rotatable bonds is 15. The van der Waals surface area contributed by atoms with Gasteiger partial charge in [0.05, 0.1) is 13.2 Å². The van der Waals surface area contributed by atoms with E-state index in [0.717, 1.165) is 13.0 Å². The monoisotopic (exact) mass is 342 g/mol. The van der Waals surface area contributed by atoms with Gasteiger partial charge in [-0.25, -0.2) is 0 Å². The molecule has 2 unspecified atom stereocenters. The summed E-state index contributed by atoms with van der Waals surface area (Å²) in [6.07, 6.45) is 14.7. The molecule has 0 aliphatic carbocycles. The highest BCUT2D eigenvalue weighted by Gasteiger charge is 2.37. The second-order valence-electron chi connectivity index (χ2n) is 8.04. The van der Waals surface area contributed by atoms with Gasteiger partial charge in [-0.05, 0) is 19.3 Å². The molecule has 0 aromatic rings. The summed E-state index contributed by atoms with van der Waals surface area (Å²) in [7, 11) is 0. The Labute approximate surface area is 150 Å². The topological polar surface area (TPSA) is 27.7 Å². The zero-order chi connectivity index (χ0) is 17.7. The first kappa shape index (κ1) is 21.9. The van der Waals surface area contributed by atoms with Crippen molar-refractivity contribution in [2.24, 2.45) is 5.92 Å². The fourth-order valence-electron chi connectivity index (χ4n) is 3.53. The lowest BCUT2D eigenvalue weighted by Crippen LogP contribution is -2.29. The Bertz CT molecular complexity index is 293. The molecule has 24 heavy (non-hydrogen) atoms. The highest BCUT2D eigenvalue weighted by Crippen LogP contribution is 2.29. The maximum Gasteiger partial charge on any atom is 0.166 e. The van der Waals surface area contributed by atoms with Gasteiger partial charge in [0.15, 0.2) is 5.79 Å². The summed E-state index contributed by atoms with van der Waals surface area (Å²) in [5.74, 6) is 0.181. The van der Waals surface area contributed by atoms with Crippen LogP contribution in [-0.4, -0.2) is 31.7 Å². The van der Waals surface area contributed by atoms with Crippen molar-refractivity contribution < 1.29 is 14.2 Å². The molecule has 0 radical (unpaired) electrons. The minimum atomic E-state index is -0.403. The first-order chi connectivity index (χ1) is 11.6. The first-order valence-electron chi connectivity index (χ1n) is 10.5. The van der Waals surface area contributed by atoms with Gasteiger partial charge in [0.1, 0.15) is 6.10 Å². The maximum absolute atomic E-state index is 6.01. The van der Waals surface area contributed by atoms with Crippen LogP contribution in [0.5, 0.6) is 0 Å². The SMILES string of the molecule is CCCCCCCCCCCCOCC1COC(C)(CC(C)C)O1. The molecule has 3 nitrogen and oxygen atoms in total. The smallest absolute Gasteiger partial charge is 0.166 e. The molecule has 1 heterocycles. The van der Waals surface area contributed by atoms with E-state index in [0.29, 0.717) is 19.1 Å². The van der Waals surface area contributed by atoms with Crippen molar-refractivity contribution in [2.75, 3.05) is 19.8 Å². The molecule has 144 valence electrons. The van der Waals surface area contributed by atoms with Gasteiger partial charge in [-0.2, -0.15) is 0 Å². The quantitative estimate of drug-likeness (QED) is 0.336. The van der Waals surface area contributed by atoms with E-state index in [1.807, 2.05) is 0 Å². The van der Waals surface area contributed by atoms with Crippen LogP contribution in [0.25, 0.3) is 0 Å². The minimum absolute atomic E-state index is 0.108. The Morgan fingerprint density at radius 2 is 1.54 bits per heavy atom. The lowest BCUT2D eigenvalue weighted by atomic mass is 10.0. The van der Waals surface area contributed by atoms with E-state index < -0.39 is 5.79 Å². The van der Waals surface area contributed by atoms with Crippen LogP contribution in [0.3, 0.4) is 0 Å². The maximum atomic E-state index is 6.01. The van der Waals surface area contributed by atoms with E-state index in [4.69, 9.17) is 14.2 Å². The predicted molar refractivity (Wildman–Crippen MR) is 101 cm³/mol. The Morgan fingerprint density at radius 1 is 0.958 bits per heavy atom. The molecule has 0 amide bonds. The summed E-state index contributed by atoms with van der Waals surface area (Å²) in [6.45, 7) is 10.9. The van der Waals surface area contributed by atoms with Crippen molar-refractivity contribution in [1.82, 2.24) is 0 Å². The molecule has 2 atom stereocenters. The molecule has 0 N–H and O–H groups in total. The van der Waals surface area contributed by atoms with Crippen molar-refractivity contribution >= 4 is 0 Å². The van der Waals surface area contributed by atoms with E-state index in [-0.39, 0.29) is 6.10 Å². The van der Waals surface area contributed by atoms with Gasteiger partial charge in [-0.15, -0.1) is 0 Å². The summed E-state index contributed by atoms with van der Waals surface area (Å²) in [5.41, 5.74) is 0. The fraction of sp³-hybridized carbons (Fsp3) is 1.00. The summed E-state index contributed by atoms with van der Waals surface area (Å²) in [5, 5.41) is 0. The van der Waals surface area contributed by atoms with E-state index in [1.54, 1.807) is 0 Å². The number of unbranched alkanes of at least 4 members (excludes halogenated alkanes) is 9. The molecule has 0 spiro atoms. The molecule has 3 heteroatoms. The van der Waals surface area contributed by atoms with Crippen molar-refractivity contribution in [3.63, 3.8) is 0 Å². The van der Waals surface area contributed by atoms with Gasteiger partial charge < -0.3 is 14.2 Å². The average molecular weight is 343 g/mol. The van der Waals surface area contributed by atoms with Crippen LogP contribution in [0, 0.1) is 5.92 Å². The predicted octanol–water partition coefficient (Wildman–Crippen LogP) is 6.10. The zero-order valence-corrected chi connectivity index (χ0v) is 16.8. The third-order valence-corrected chi connectivity index (χ3v) is 4.72. The molecule has 0 aromatic heterocycles. The fourth-order valence-corrected chi connectivity index (χ4v) is 3.53. The molecule has 1 aliphatic rings. The summed E-state index contributed by atoms with van der Waals surface area (Å²) < 4.78 is 17.6. The van der Waals surface area contributed by atoms with E-state index >= 15 is 0 Å². The third kappa shape index (κ3) is 10.7. The van der Waals surface area contributed by atoms with E-state index in [1.165, 1.54) is 64.2 Å². The Hall–Kier alpha value is -0.120. The highest BCUT2D eigenvalue weighted by molar-refractivity contribution is 4.76. The standard InChI is InChI=1S/C21H42O3/c1-5-6-7-8-9-10-11-12-13-14-15-22-17-20-18-23-21(4,24-20)16-19(2)3/h19-20H,5-18H2,1-4H3. The van der Waals surface area contributed by atoms with Crippen LogP contribution < -0.4 is 0 Å². The Kier molecular flexibility index (Phi) is 12.0. The Morgan fingerprint density at radius 3 is 2.12 bits per heavy atom. The van der Waals surface area contributed by atoms with Gasteiger partial charge in [0, 0.05) is 13.0 Å². The van der Waals surface area contributed by atoms with E-state index in [2.05, 4.69) is 27.7 Å². The minimum Gasteiger partial charge on any atom is -0.379 e. The van der Waals surface area contributed by atoms with Crippen molar-refractivity contribution in [2.45, 2.75) is 110 Å². The van der Waals surface area contributed by atoms with Gasteiger partial charge in [0.2, 0.25) is 0 Å². The number of hydrogen-bond acceptors (Lipinski definition) is 3. The number of hydrogen-bond donors (Lipinski definition) is 0. The average Bonchev–Trinajstić information content (AvgIpc) is 2.88. The number of ether oxygens (including phenoxy) is 3. The third-order valence-electron chi connectivity index (χ3n) is 4.72. The second-order valence-corrected chi connectivity index (χ2v) is 8.04. The van der Waals surface area contributed by atoms with Crippen LogP contribution in [0.2, 0.25) is 0 Å². The van der Waals surface area contributed by atoms with Gasteiger partial charge in [-0.1, -0.05) is 78.6 Å². The van der Waals surface area contributed by atoms with Gasteiger partial charge >= 0.3 is 0 Å². The molecule has 1 fully saturated rings. The second kappa shape index (κ2) is 13.1. The summed E-state index contributed by atoms with van der Waals surface area (Å²) in [6, 6.07) is 0. The molecule has 0 bridgehead atoms. The lowest BCUT2D eigenvalue weighted by molar-refractivity contribution is -0.169.